The van der Waals surface area contributed by atoms with Crippen molar-refractivity contribution in [3.63, 3.8) is 0 Å². The van der Waals surface area contributed by atoms with Crippen molar-refractivity contribution in [2.24, 2.45) is 5.73 Å². The third kappa shape index (κ3) is 3.28. The molecule has 1 aromatic rings. The lowest BCUT2D eigenvalue weighted by Crippen LogP contribution is -2.07. The second-order valence-electron chi connectivity index (χ2n) is 4.21. The Kier molecular flexibility index (Phi) is 3.65. The number of benzene rings is 1. The van der Waals surface area contributed by atoms with Crippen molar-refractivity contribution in [1.82, 2.24) is 0 Å². The maximum Gasteiger partial charge on any atom is 0.416 e. The fourth-order valence-corrected chi connectivity index (χ4v) is 1.62. The van der Waals surface area contributed by atoms with E-state index in [0.29, 0.717) is 17.0 Å². The molecule has 104 valence electrons. The smallest absolute Gasteiger partial charge is 0.399 e. The van der Waals surface area contributed by atoms with Crippen LogP contribution in [-0.2, 0) is 6.18 Å². The van der Waals surface area contributed by atoms with Gasteiger partial charge in [0.15, 0.2) is 0 Å². The quantitative estimate of drug-likeness (QED) is 0.776. The molecule has 0 unspecified atom stereocenters. The van der Waals surface area contributed by atoms with Gasteiger partial charge in [0.1, 0.15) is 0 Å². The van der Waals surface area contributed by atoms with E-state index in [1.165, 1.54) is 18.3 Å². The SMILES string of the molecule is N=C1C=CC(N)=C/C1=C/Nc1ccc(C(F)(F)F)cc1. The minimum Gasteiger partial charge on any atom is -0.399 e. The molecule has 3 nitrogen and oxygen atoms in total. The molecule has 0 spiro atoms. The van der Waals surface area contributed by atoms with E-state index in [4.69, 9.17) is 11.1 Å². The van der Waals surface area contributed by atoms with Crippen LogP contribution in [0.5, 0.6) is 0 Å². The maximum absolute atomic E-state index is 12.4. The summed E-state index contributed by atoms with van der Waals surface area (Å²) in [6.45, 7) is 0. The molecule has 0 heterocycles. The summed E-state index contributed by atoms with van der Waals surface area (Å²) >= 11 is 0. The lowest BCUT2D eigenvalue weighted by atomic mass is 10.1. The molecule has 1 aromatic carbocycles. The molecule has 1 aliphatic rings. The number of allylic oxidation sites excluding steroid dienone is 4. The molecule has 0 radical (unpaired) electrons. The van der Waals surface area contributed by atoms with Gasteiger partial charge in [-0.15, -0.1) is 0 Å². The normalized spacial score (nSPS) is 17.2. The molecule has 6 heteroatoms. The third-order valence-corrected chi connectivity index (χ3v) is 2.68. The number of alkyl halides is 3. The van der Waals surface area contributed by atoms with Gasteiger partial charge < -0.3 is 16.5 Å². The second kappa shape index (κ2) is 5.24. The zero-order chi connectivity index (χ0) is 14.8. The van der Waals surface area contributed by atoms with Gasteiger partial charge in [0.2, 0.25) is 0 Å². The summed E-state index contributed by atoms with van der Waals surface area (Å²) in [6.07, 6.45) is 1.96. The summed E-state index contributed by atoms with van der Waals surface area (Å²) in [5, 5.41) is 10.5. The van der Waals surface area contributed by atoms with Gasteiger partial charge >= 0.3 is 6.18 Å². The van der Waals surface area contributed by atoms with E-state index in [9.17, 15) is 13.2 Å². The van der Waals surface area contributed by atoms with Crippen LogP contribution in [0.2, 0.25) is 0 Å². The number of halogens is 3. The Bertz CT molecular complexity index is 608. The van der Waals surface area contributed by atoms with Gasteiger partial charge in [0, 0.05) is 23.2 Å². The molecule has 2 rings (SSSR count). The molecule has 0 aliphatic heterocycles. The molecule has 1 aliphatic carbocycles. The number of nitrogens with one attached hydrogen (secondary N) is 2. The van der Waals surface area contributed by atoms with E-state index in [-0.39, 0.29) is 5.71 Å². The van der Waals surface area contributed by atoms with Gasteiger partial charge in [0.05, 0.1) is 11.3 Å². The van der Waals surface area contributed by atoms with Crippen molar-refractivity contribution in [3.8, 4) is 0 Å². The Morgan fingerprint density at radius 2 is 1.75 bits per heavy atom. The zero-order valence-corrected chi connectivity index (χ0v) is 10.3. The van der Waals surface area contributed by atoms with Gasteiger partial charge in [-0.3, -0.25) is 0 Å². The average molecular weight is 279 g/mol. The molecular weight excluding hydrogens is 267 g/mol. The average Bonchev–Trinajstić information content (AvgIpc) is 2.39. The van der Waals surface area contributed by atoms with E-state index in [2.05, 4.69) is 5.32 Å². The highest BCUT2D eigenvalue weighted by atomic mass is 19.4. The summed E-state index contributed by atoms with van der Waals surface area (Å²) in [4.78, 5) is 0. The van der Waals surface area contributed by atoms with Crippen LogP contribution in [-0.4, -0.2) is 5.71 Å². The predicted octanol–water partition coefficient (Wildman–Crippen LogP) is 3.43. The Morgan fingerprint density at radius 3 is 2.35 bits per heavy atom. The summed E-state index contributed by atoms with van der Waals surface area (Å²) in [6, 6.07) is 4.65. The molecule has 4 N–H and O–H groups in total. The molecule has 0 atom stereocenters. The lowest BCUT2D eigenvalue weighted by molar-refractivity contribution is -0.137. The minimum atomic E-state index is -4.34. The predicted molar refractivity (Wildman–Crippen MR) is 72.3 cm³/mol. The van der Waals surface area contributed by atoms with Crippen molar-refractivity contribution in [3.05, 3.63) is 65.5 Å². The molecule has 0 fully saturated rings. The van der Waals surface area contributed by atoms with E-state index in [1.54, 1.807) is 18.2 Å². The van der Waals surface area contributed by atoms with Gasteiger partial charge in [0.25, 0.3) is 0 Å². The number of hydrogen-bond donors (Lipinski definition) is 3. The largest absolute Gasteiger partial charge is 0.416 e. The summed E-state index contributed by atoms with van der Waals surface area (Å²) in [5.41, 5.74) is 6.76. The highest BCUT2D eigenvalue weighted by Gasteiger charge is 2.29. The first-order valence-corrected chi connectivity index (χ1v) is 5.74. The van der Waals surface area contributed by atoms with Crippen molar-refractivity contribution in [1.29, 1.82) is 5.41 Å². The van der Waals surface area contributed by atoms with Gasteiger partial charge in [-0.1, -0.05) is 0 Å². The topological polar surface area (TPSA) is 61.9 Å². The summed E-state index contributed by atoms with van der Waals surface area (Å²) < 4.78 is 37.2. The molecular formula is C14H12F3N3. The van der Waals surface area contributed by atoms with E-state index >= 15 is 0 Å². The molecule has 0 aromatic heterocycles. The van der Waals surface area contributed by atoms with Crippen LogP contribution in [0.15, 0.2) is 60.0 Å². The van der Waals surface area contributed by atoms with Crippen LogP contribution in [0.3, 0.4) is 0 Å². The summed E-state index contributed by atoms with van der Waals surface area (Å²) in [5.74, 6) is 0. The molecule has 20 heavy (non-hydrogen) atoms. The number of rotatable bonds is 2. The van der Waals surface area contributed by atoms with Crippen LogP contribution in [0, 0.1) is 5.41 Å². The molecule has 0 saturated carbocycles. The van der Waals surface area contributed by atoms with Crippen LogP contribution in [0.25, 0.3) is 0 Å². The van der Waals surface area contributed by atoms with E-state index < -0.39 is 11.7 Å². The zero-order valence-electron chi connectivity index (χ0n) is 10.3. The van der Waals surface area contributed by atoms with Gasteiger partial charge in [-0.05, 0) is 42.5 Å². The molecule has 0 saturated heterocycles. The van der Waals surface area contributed by atoms with Crippen LogP contribution in [0.1, 0.15) is 5.56 Å². The Morgan fingerprint density at radius 1 is 1.10 bits per heavy atom. The Balaban J connectivity index is 2.12. The fourth-order valence-electron chi connectivity index (χ4n) is 1.62. The van der Waals surface area contributed by atoms with Crippen LogP contribution >= 0.6 is 0 Å². The number of hydrogen-bond acceptors (Lipinski definition) is 3. The van der Waals surface area contributed by atoms with Crippen molar-refractivity contribution in [2.45, 2.75) is 6.18 Å². The standard InChI is InChI=1S/C14H12F3N3/c15-14(16,17)10-1-4-12(5-2-10)20-8-9-7-11(18)3-6-13(9)19/h1-8,19-20H,18H2/b9-8-,19-13?. The first-order chi connectivity index (χ1) is 9.36. The highest BCUT2D eigenvalue weighted by molar-refractivity contribution is 6.09. The summed E-state index contributed by atoms with van der Waals surface area (Å²) in [7, 11) is 0. The van der Waals surface area contributed by atoms with E-state index in [1.807, 2.05) is 0 Å². The van der Waals surface area contributed by atoms with Gasteiger partial charge in [-0.25, -0.2) is 0 Å². The molecule has 0 amide bonds. The number of anilines is 1. The van der Waals surface area contributed by atoms with Crippen molar-refractivity contribution >= 4 is 11.4 Å². The van der Waals surface area contributed by atoms with Crippen molar-refractivity contribution < 1.29 is 13.2 Å². The highest BCUT2D eigenvalue weighted by Crippen LogP contribution is 2.29. The third-order valence-electron chi connectivity index (χ3n) is 2.68. The first kappa shape index (κ1) is 13.9. The fraction of sp³-hybridized carbons (Fsp3) is 0.0714. The van der Waals surface area contributed by atoms with Crippen LogP contribution < -0.4 is 11.1 Å². The second-order valence-corrected chi connectivity index (χ2v) is 4.21. The number of nitrogens with two attached hydrogens (primary N) is 1. The van der Waals surface area contributed by atoms with E-state index in [0.717, 1.165) is 12.1 Å². The Hall–Kier alpha value is -2.50. The van der Waals surface area contributed by atoms with Gasteiger partial charge in [-0.2, -0.15) is 13.2 Å². The first-order valence-electron chi connectivity index (χ1n) is 5.74. The molecule has 0 bridgehead atoms. The maximum atomic E-state index is 12.4. The van der Waals surface area contributed by atoms with Crippen molar-refractivity contribution in [2.75, 3.05) is 5.32 Å². The van der Waals surface area contributed by atoms with Crippen LogP contribution in [0.4, 0.5) is 18.9 Å². The Labute approximate surface area is 113 Å². The lowest BCUT2D eigenvalue weighted by Gasteiger charge is -2.10. The minimum absolute atomic E-state index is 0.276. The monoisotopic (exact) mass is 279 g/mol.